The van der Waals surface area contributed by atoms with Gasteiger partial charge in [0.05, 0.1) is 24.3 Å². The van der Waals surface area contributed by atoms with Crippen molar-refractivity contribution in [3.8, 4) is 17.0 Å². The fourth-order valence-corrected chi connectivity index (χ4v) is 7.04. The molecular formula is C40H55F3N2O5. The van der Waals surface area contributed by atoms with Crippen molar-refractivity contribution in [2.24, 2.45) is 16.6 Å². The molecule has 3 aromatic rings. The molecule has 2 unspecified atom stereocenters. The summed E-state index contributed by atoms with van der Waals surface area (Å²) in [6.45, 7) is 11.5. The summed E-state index contributed by atoms with van der Waals surface area (Å²) in [6, 6.07) is 8.79. The summed E-state index contributed by atoms with van der Waals surface area (Å²) in [5.41, 5.74) is 4.02. The van der Waals surface area contributed by atoms with Crippen molar-refractivity contribution in [3.05, 3.63) is 57.9 Å². The van der Waals surface area contributed by atoms with E-state index in [9.17, 15) is 22.8 Å². The van der Waals surface area contributed by atoms with Gasteiger partial charge in [-0.3, -0.25) is 4.79 Å². The number of fused-ring (bicyclic) bond motifs is 1. The molecule has 0 spiro atoms. The van der Waals surface area contributed by atoms with Crippen LogP contribution in [0.4, 0.5) is 13.2 Å². The Labute approximate surface area is 294 Å². The lowest BCUT2D eigenvalue weighted by molar-refractivity contribution is -0.147. The molecule has 0 radical (unpaired) electrons. The number of halogens is 3. The Bertz CT molecular complexity index is 1650. The number of aromatic nitrogens is 1. The van der Waals surface area contributed by atoms with Gasteiger partial charge in [0.2, 0.25) is 11.6 Å². The van der Waals surface area contributed by atoms with Crippen molar-refractivity contribution in [2.45, 2.75) is 136 Å². The number of ether oxygens (including phenoxy) is 2. The molecule has 0 aliphatic heterocycles. The van der Waals surface area contributed by atoms with Crippen molar-refractivity contribution in [1.29, 1.82) is 0 Å². The van der Waals surface area contributed by atoms with E-state index in [2.05, 4.69) is 32.7 Å². The van der Waals surface area contributed by atoms with E-state index in [-0.39, 0.29) is 33.6 Å². The number of unbranched alkanes of at least 4 members (excludes halogenated alkanes) is 9. The summed E-state index contributed by atoms with van der Waals surface area (Å²) >= 11 is 0. The molecule has 1 aromatic carbocycles. The maximum Gasteiger partial charge on any atom is 0.417 e. The van der Waals surface area contributed by atoms with Crippen molar-refractivity contribution in [3.63, 3.8) is 0 Å². The molecule has 1 fully saturated rings. The minimum absolute atomic E-state index is 0.0211. The molecule has 2 aromatic heterocycles. The molecule has 4 rings (SSSR count). The quantitative estimate of drug-likeness (QED) is 0.0980. The summed E-state index contributed by atoms with van der Waals surface area (Å²) in [4.78, 5) is 29.7. The summed E-state index contributed by atoms with van der Waals surface area (Å²) in [6.07, 6.45) is 8.54. The van der Waals surface area contributed by atoms with Gasteiger partial charge in [-0.05, 0) is 73.1 Å². The standard InChI is InChI=1S/C40H55F3N2O5/c1-6-7-17-28-18-20-30(32(24-28)40(41,42)43)31-25-29-19-21-33(45-34(29)50-35(31)46)48-22-15-13-11-9-8-10-12-14-16-23-49-36(47)39(44)27-38(39,5)26-37(2,3)4/h18-21,24-25H,6-17,22-23,26-27,44H2,1-5H3. The number of esters is 1. The molecule has 2 heterocycles. The predicted octanol–water partition coefficient (Wildman–Crippen LogP) is 10.2. The van der Waals surface area contributed by atoms with Crippen LogP contribution in [0.15, 0.2) is 45.6 Å². The third kappa shape index (κ3) is 10.6. The van der Waals surface area contributed by atoms with Crippen LogP contribution in [-0.4, -0.2) is 29.7 Å². The van der Waals surface area contributed by atoms with Gasteiger partial charge in [-0.15, -0.1) is 0 Å². The summed E-state index contributed by atoms with van der Waals surface area (Å²) in [5.74, 6) is 0.0450. The van der Waals surface area contributed by atoms with E-state index in [0.717, 1.165) is 83.1 Å². The predicted molar refractivity (Wildman–Crippen MR) is 191 cm³/mol. The topological polar surface area (TPSA) is 105 Å². The highest BCUT2D eigenvalue weighted by molar-refractivity contribution is 5.86. The smallest absolute Gasteiger partial charge is 0.417 e. The average Bonchev–Trinajstić information content (AvgIpc) is 3.59. The number of hydrogen-bond donors (Lipinski definition) is 1. The number of alkyl halides is 3. The third-order valence-electron chi connectivity index (χ3n) is 9.75. The molecule has 0 bridgehead atoms. The van der Waals surface area contributed by atoms with Gasteiger partial charge in [-0.2, -0.15) is 18.2 Å². The molecule has 50 heavy (non-hydrogen) atoms. The Morgan fingerprint density at radius 2 is 1.54 bits per heavy atom. The summed E-state index contributed by atoms with van der Waals surface area (Å²) in [5, 5.41) is 0.414. The molecule has 1 saturated carbocycles. The second-order valence-corrected chi connectivity index (χ2v) is 15.6. The number of nitrogens with zero attached hydrogens (tertiary/aromatic N) is 1. The van der Waals surface area contributed by atoms with Crippen LogP contribution in [0.1, 0.15) is 129 Å². The third-order valence-corrected chi connectivity index (χ3v) is 9.75. The van der Waals surface area contributed by atoms with E-state index < -0.39 is 22.9 Å². The van der Waals surface area contributed by atoms with Gasteiger partial charge in [0.1, 0.15) is 5.54 Å². The average molecular weight is 701 g/mol. The van der Waals surface area contributed by atoms with E-state index in [1.165, 1.54) is 12.1 Å². The number of carbonyl (C=O) groups excluding carboxylic acids is 1. The van der Waals surface area contributed by atoms with Crippen LogP contribution in [0.5, 0.6) is 5.88 Å². The molecule has 0 amide bonds. The van der Waals surface area contributed by atoms with Crippen molar-refractivity contribution >= 4 is 17.1 Å². The number of carbonyl (C=O) groups is 1. The lowest BCUT2D eigenvalue weighted by Gasteiger charge is -2.26. The first-order chi connectivity index (χ1) is 23.6. The zero-order valence-electron chi connectivity index (χ0n) is 30.5. The van der Waals surface area contributed by atoms with Crippen LogP contribution >= 0.6 is 0 Å². The Hall–Kier alpha value is -3.40. The molecule has 276 valence electrons. The first-order valence-electron chi connectivity index (χ1n) is 18.3. The van der Waals surface area contributed by atoms with Gasteiger partial charge < -0.3 is 19.6 Å². The Balaban J connectivity index is 1.12. The van der Waals surface area contributed by atoms with Crippen molar-refractivity contribution in [1.82, 2.24) is 4.98 Å². The molecule has 2 atom stereocenters. The lowest BCUT2D eigenvalue weighted by Crippen LogP contribution is -2.41. The number of pyridine rings is 1. The molecule has 1 aliphatic carbocycles. The number of nitrogens with two attached hydrogens (primary N) is 1. The highest BCUT2D eigenvalue weighted by Gasteiger charge is 2.68. The summed E-state index contributed by atoms with van der Waals surface area (Å²) < 4.78 is 58.5. The lowest BCUT2D eigenvalue weighted by atomic mass is 9.81. The van der Waals surface area contributed by atoms with E-state index >= 15 is 0 Å². The first-order valence-corrected chi connectivity index (χ1v) is 18.3. The second kappa shape index (κ2) is 16.7. The minimum atomic E-state index is -4.62. The van der Waals surface area contributed by atoms with E-state index in [0.29, 0.717) is 42.9 Å². The van der Waals surface area contributed by atoms with E-state index in [1.54, 1.807) is 18.2 Å². The van der Waals surface area contributed by atoms with E-state index in [4.69, 9.17) is 19.6 Å². The fourth-order valence-electron chi connectivity index (χ4n) is 7.04. The van der Waals surface area contributed by atoms with Gasteiger partial charge in [0, 0.05) is 17.0 Å². The van der Waals surface area contributed by atoms with Crippen LogP contribution < -0.4 is 16.1 Å². The Morgan fingerprint density at radius 3 is 2.16 bits per heavy atom. The SMILES string of the molecule is CCCCc1ccc(-c2cc3ccc(OCCCCCCCCCCCOC(=O)C4(N)CC4(C)CC(C)(C)C)nc3oc2=O)c(C(F)(F)F)c1. The maximum absolute atomic E-state index is 14.0. The molecule has 10 heteroatoms. The normalized spacial score (nSPS) is 19.1. The van der Waals surface area contributed by atoms with Crippen LogP contribution in [0.25, 0.3) is 22.2 Å². The number of aryl methyl sites for hydroxylation is 1. The molecule has 2 N–H and O–H groups in total. The van der Waals surface area contributed by atoms with Gasteiger partial charge in [-0.1, -0.05) is 98.1 Å². The minimum Gasteiger partial charge on any atom is -0.478 e. The first kappa shape index (κ1) is 39.4. The van der Waals surface area contributed by atoms with Crippen LogP contribution in [0, 0.1) is 10.8 Å². The van der Waals surface area contributed by atoms with Crippen molar-refractivity contribution < 1.29 is 31.9 Å². The van der Waals surface area contributed by atoms with Crippen LogP contribution in [0.2, 0.25) is 0 Å². The van der Waals surface area contributed by atoms with Gasteiger partial charge >= 0.3 is 17.8 Å². The van der Waals surface area contributed by atoms with Crippen molar-refractivity contribution in [2.75, 3.05) is 13.2 Å². The van der Waals surface area contributed by atoms with Gasteiger partial charge in [0.15, 0.2) is 0 Å². The van der Waals surface area contributed by atoms with Gasteiger partial charge in [-0.25, -0.2) is 4.79 Å². The number of hydrogen-bond acceptors (Lipinski definition) is 7. The number of benzene rings is 1. The van der Waals surface area contributed by atoms with Crippen LogP contribution in [0.3, 0.4) is 0 Å². The highest BCUT2D eigenvalue weighted by Crippen LogP contribution is 2.60. The largest absolute Gasteiger partial charge is 0.478 e. The molecule has 1 aliphatic rings. The monoisotopic (exact) mass is 700 g/mol. The second-order valence-electron chi connectivity index (χ2n) is 15.6. The summed E-state index contributed by atoms with van der Waals surface area (Å²) in [7, 11) is 0. The Morgan fingerprint density at radius 1 is 0.900 bits per heavy atom. The Kier molecular flexibility index (Phi) is 13.2. The zero-order valence-corrected chi connectivity index (χ0v) is 30.5. The van der Waals surface area contributed by atoms with E-state index in [1.807, 2.05) is 6.92 Å². The number of rotatable bonds is 19. The highest BCUT2D eigenvalue weighted by atomic mass is 19.4. The fraction of sp³-hybridized carbons (Fsp3) is 0.625. The molecule has 7 nitrogen and oxygen atoms in total. The van der Waals surface area contributed by atoms with Crippen LogP contribution in [-0.2, 0) is 22.1 Å². The maximum atomic E-state index is 14.0. The zero-order chi connectivity index (χ0) is 36.6. The molecular weight excluding hydrogens is 645 g/mol. The van der Waals surface area contributed by atoms with Gasteiger partial charge in [0.25, 0.3) is 0 Å². The molecule has 0 saturated heterocycles.